The van der Waals surface area contributed by atoms with Gasteiger partial charge in [0, 0.05) is 11.6 Å². The number of rotatable bonds is 3. The van der Waals surface area contributed by atoms with Crippen molar-refractivity contribution in [2.45, 2.75) is 17.4 Å². The van der Waals surface area contributed by atoms with Gasteiger partial charge in [-0.05, 0) is 41.3 Å². The van der Waals surface area contributed by atoms with Crippen molar-refractivity contribution >= 4 is 33.2 Å². The van der Waals surface area contributed by atoms with E-state index in [0.29, 0.717) is 18.0 Å². The molecule has 0 saturated carbocycles. The second-order valence-corrected chi connectivity index (χ2v) is 9.16. The molecular weight excluding hydrogens is 401 g/mol. The summed E-state index contributed by atoms with van der Waals surface area (Å²) in [6.07, 6.45) is 0.650. The standard InChI is InChI=1S/C21H17Cl2NO2S/c22-17-10-11-19(23)20(14-17)27(25,26)24-13-12-15-6-4-5-9-18(15)21(24)16-7-2-1-3-8-16/h1-11,14,21H,12-13H2. The first-order valence-electron chi connectivity index (χ1n) is 8.58. The molecule has 3 aromatic carbocycles. The molecule has 0 radical (unpaired) electrons. The van der Waals surface area contributed by atoms with Gasteiger partial charge >= 0.3 is 0 Å². The molecule has 0 aromatic heterocycles. The molecule has 1 aliphatic heterocycles. The fourth-order valence-corrected chi connectivity index (χ4v) is 5.92. The molecule has 0 spiro atoms. The van der Waals surface area contributed by atoms with Crippen LogP contribution in [0.15, 0.2) is 77.7 Å². The van der Waals surface area contributed by atoms with Gasteiger partial charge in [-0.15, -0.1) is 0 Å². The van der Waals surface area contributed by atoms with Crippen molar-refractivity contribution in [2.24, 2.45) is 0 Å². The number of hydrogen-bond donors (Lipinski definition) is 0. The Kier molecular flexibility index (Phi) is 4.99. The van der Waals surface area contributed by atoms with E-state index in [1.165, 1.54) is 16.4 Å². The molecule has 138 valence electrons. The summed E-state index contributed by atoms with van der Waals surface area (Å²) in [5, 5.41) is 0.511. The van der Waals surface area contributed by atoms with E-state index in [1.54, 1.807) is 6.07 Å². The Morgan fingerprint density at radius 1 is 0.889 bits per heavy atom. The molecule has 1 unspecified atom stereocenters. The second kappa shape index (κ2) is 7.28. The maximum Gasteiger partial charge on any atom is 0.245 e. The number of sulfonamides is 1. The molecule has 1 heterocycles. The Hall–Kier alpha value is -1.85. The van der Waals surface area contributed by atoms with Gasteiger partial charge in [0.15, 0.2) is 0 Å². The molecule has 4 rings (SSSR count). The van der Waals surface area contributed by atoms with Gasteiger partial charge in [0.1, 0.15) is 4.90 Å². The lowest BCUT2D eigenvalue weighted by molar-refractivity contribution is 0.344. The van der Waals surface area contributed by atoms with Gasteiger partial charge in [0.2, 0.25) is 10.0 Å². The SMILES string of the molecule is O=S(=O)(c1cc(Cl)ccc1Cl)N1CCc2ccccc2C1c1ccccc1. The Morgan fingerprint density at radius 2 is 1.59 bits per heavy atom. The minimum absolute atomic E-state index is 0.0389. The number of fused-ring (bicyclic) bond motifs is 1. The summed E-state index contributed by atoms with van der Waals surface area (Å²) in [6.45, 7) is 0.377. The van der Waals surface area contributed by atoms with Gasteiger partial charge in [0.05, 0.1) is 11.1 Å². The highest BCUT2D eigenvalue weighted by molar-refractivity contribution is 7.89. The molecule has 0 aliphatic carbocycles. The molecule has 0 bridgehead atoms. The Balaban J connectivity index is 1.90. The molecule has 6 heteroatoms. The van der Waals surface area contributed by atoms with Crippen molar-refractivity contribution < 1.29 is 8.42 Å². The molecule has 27 heavy (non-hydrogen) atoms. The molecular formula is C21H17Cl2NO2S. The topological polar surface area (TPSA) is 37.4 Å². The fraction of sp³-hybridized carbons (Fsp3) is 0.143. The summed E-state index contributed by atoms with van der Waals surface area (Å²) >= 11 is 12.3. The zero-order valence-corrected chi connectivity index (χ0v) is 16.7. The van der Waals surface area contributed by atoms with E-state index in [1.807, 2.05) is 48.5 Å². The van der Waals surface area contributed by atoms with Crippen molar-refractivity contribution in [3.8, 4) is 0 Å². The molecule has 0 saturated heterocycles. The lowest BCUT2D eigenvalue weighted by Crippen LogP contribution is -2.40. The smallest absolute Gasteiger partial charge is 0.207 e. The first kappa shape index (κ1) is 18.5. The van der Waals surface area contributed by atoms with E-state index < -0.39 is 16.1 Å². The lowest BCUT2D eigenvalue weighted by atomic mass is 9.90. The highest BCUT2D eigenvalue weighted by Crippen LogP contribution is 2.40. The summed E-state index contributed by atoms with van der Waals surface area (Å²) in [4.78, 5) is 0.0389. The van der Waals surface area contributed by atoms with Crippen LogP contribution in [0.25, 0.3) is 0 Å². The third-order valence-corrected chi connectivity index (χ3v) is 7.42. The molecule has 1 aliphatic rings. The fourth-order valence-electron chi connectivity index (χ4n) is 3.58. The third kappa shape index (κ3) is 3.39. The van der Waals surface area contributed by atoms with Crippen LogP contribution in [0.4, 0.5) is 0 Å². The highest BCUT2D eigenvalue weighted by Gasteiger charge is 2.38. The number of hydrogen-bond acceptors (Lipinski definition) is 2. The Bertz CT molecular complexity index is 1080. The van der Waals surface area contributed by atoms with Crippen LogP contribution in [0.2, 0.25) is 10.0 Å². The van der Waals surface area contributed by atoms with E-state index in [-0.39, 0.29) is 9.92 Å². The van der Waals surface area contributed by atoms with Crippen molar-refractivity contribution in [1.29, 1.82) is 0 Å². The van der Waals surface area contributed by atoms with Crippen LogP contribution in [-0.4, -0.2) is 19.3 Å². The lowest BCUT2D eigenvalue weighted by Gasteiger charge is -2.37. The maximum absolute atomic E-state index is 13.5. The van der Waals surface area contributed by atoms with Crippen LogP contribution in [0.3, 0.4) is 0 Å². The van der Waals surface area contributed by atoms with Crippen molar-refractivity contribution in [2.75, 3.05) is 6.54 Å². The monoisotopic (exact) mass is 417 g/mol. The van der Waals surface area contributed by atoms with Crippen LogP contribution >= 0.6 is 23.2 Å². The van der Waals surface area contributed by atoms with Crippen LogP contribution in [0.5, 0.6) is 0 Å². The first-order valence-corrected chi connectivity index (χ1v) is 10.8. The molecule has 0 N–H and O–H groups in total. The molecule has 3 aromatic rings. The Morgan fingerprint density at radius 3 is 2.37 bits per heavy atom. The maximum atomic E-state index is 13.5. The van der Waals surface area contributed by atoms with Crippen LogP contribution in [0, 0.1) is 0 Å². The predicted molar refractivity (Wildman–Crippen MR) is 109 cm³/mol. The molecule has 0 amide bonds. The highest BCUT2D eigenvalue weighted by atomic mass is 35.5. The number of nitrogens with zero attached hydrogens (tertiary/aromatic N) is 1. The second-order valence-electron chi connectivity index (χ2n) is 6.45. The van der Waals surface area contributed by atoms with Crippen molar-refractivity contribution in [3.63, 3.8) is 0 Å². The largest absolute Gasteiger partial charge is 0.245 e. The van der Waals surface area contributed by atoms with E-state index in [9.17, 15) is 8.42 Å². The van der Waals surface area contributed by atoms with Gasteiger partial charge < -0.3 is 0 Å². The molecule has 0 fully saturated rings. The third-order valence-electron chi connectivity index (χ3n) is 4.83. The first-order chi connectivity index (χ1) is 13.0. The van der Waals surface area contributed by atoms with Crippen LogP contribution in [-0.2, 0) is 16.4 Å². The summed E-state index contributed by atoms with van der Waals surface area (Å²) in [5.41, 5.74) is 3.08. The van der Waals surface area contributed by atoms with Gasteiger partial charge in [-0.25, -0.2) is 8.42 Å². The summed E-state index contributed by atoms with van der Waals surface area (Å²) in [5.74, 6) is 0. The number of benzene rings is 3. The quantitative estimate of drug-likeness (QED) is 0.577. The minimum atomic E-state index is -3.84. The van der Waals surface area contributed by atoms with Gasteiger partial charge in [-0.1, -0.05) is 77.8 Å². The summed E-state index contributed by atoms with van der Waals surface area (Å²) in [6, 6.07) is 21.8. The molecule has 3 nitrogen and oxygen atoms in total. The van der Waals surface area contributed by atoms with Gasteiger partial charge in [-0.3, -0.25) is 0 Å². The average molecular weight is 418 g/mol. The van der Waals surface area contributed by atoms with E-state index in [4.69, 9.17) is 23.2 Å². The van der Waals surface area contributed by atoms with Gasteiger partial charge in [0.25, 0.3) is 0 Å². The summed E-state index contributed by atoms with van der Waals surface area (Å²) in [7, 11) is -3.84. The van der Waals surface area contributed by atoms with Crippen molar-refractivity contribution in [3.05, 3.63) is 99.5 Å². The zero-order chi connectivity index (χ0) is 19.0. The Labute approximate surface area is 169 Å². The van der Waals surface area contributed by atoms with E-state index >= 15 is 0 Å². The minimum Gasteiger partial charge on any atom is -0.207 e. The van der Waals surface area contributed by atoms with Crippen LogP contribution in [0.1, 0.15) is 22.7 Å². The van der Waals surface area contributed by atoms with Crippen LogP contribution < -0.4 is 0 Å². The number of halogens is 2. The average Bonchev–Trinajstić information content (AvgIpc) is 2.69. The van der Waals surface area contributed by atoms with Crippen molar-refractivity contribution in [1.82, 2.24) is 4.31 Å². The summed E-state index contributed by atoms with van der Waals surface area (Å²) < 4.78 is 28.6. The van der Waals surface area contributed by atoms with Gasteiger partial charge in [-0.2, -0.15) is 4.31 Å². The normalized spacial score (nSPS) is 17.5. The van der Waals surface area contributed by atoms with E-state index in [2.05, 4.69) is 6.07 Å². The molecule has 1 atom stereocenters. The van der Waals surface area contributed by atoms with E-state index in [0.717, 1.165) is 16.7 Å². The zero-order valence-electron chi connectivity index (χ0n) is 14.3. The predicted octanol–water partition coefficient (Wildman–Crippen LogP) is 5.33.